The smallest absolute Gasteiger partial charge is 0.105 e. The van der Waals surface area contributed by atoms with Crippen molar-refractivity contribution in [2.24, 2.45) is 10.7 Å². The molecule has 1 saturated carbocycles. The zero-order valence-electron chi connectivity index (χ0n) is 10.8. The van der Waals surface area contributed by atoms with Crippen molar-refractivity contribution in [3.05, 3.63) is 35.9 Å². The Kier molecular flexibility index (Phi) is 3.51. The molecular formula is C15H22N2. The number of rotatable bonds is 5. The molecule has 0 heterocycles. The van der Waals surface area contributed by atoms with Crippen LogP contribution in [-0.4, -0.2) is 11.9 Å². The Morgan fingerprint density at radius 3 is 2.29 bits per heavy atom. The lowest BCUT2D eigenvalue weighted by Crippen LogP contribution is -2.40. The Hall–Kier alpha value is -1.31. The zero-order chi connectivity index (χ0) is 12.3. The molecule has 1 aliphatic carbocycles. The van der Waals surface area contributed by atoms with Crippen LogP contribution in [-0.2, 0) is 5.41 Å². The molecule has 1 aromatic rings. The van der Waals surface area contributed by atoms with E-state index in [1.165, 1.54) is 18.4 Å². The van der Waals surface area contributed by atoms with E-state index in [9.17, 15) is 0 Å². The predicted octanol–water partition coefficient (Wildman–Crippen LogP) is 3.26. The van der Waals surface area contributed by atoms with Crippen LogP contribution in [0.1, 0.15) is 45.1 Å². The van der Waals surface area contributed by atoms with Crippen LogP contribution < -0.4 is 5.73 Å². The van der Waals surface area contributed by atoms with Crippen LogP contribution in [0, 0.1) is 0 Å². The fraction of sp³-hybridized carbons (Fsp3) is 0.533. The van der Waals surface area contributed by atoms with Gasteiger partial charge in [0.1, 0.15) is 5.84 Å². The number of amidine groups is 1. The minimum absolute atomic E-state index is 0.0656. The van der Waals surface area contributed by atoms with Crippen molar-refractivity contribution in [1.82, 2.24) is 0 Å². The minimum atomic E-state index is -0.0656. The molecule has 0 aliphatic heterocycles. The number of benzene rings is 1. The minimum Gasteiger partial charge on any atom is -0.387 e. The van der Waals surface area contributed by atoms with E-state index in [0.717, 1.165) is 18.7 Å². The maximum absolute atomic E-state index is 6.30. The van der Waals surface area contributed by atoms with Crippen LogP contribution in [0.2, 0.25) is 0 Å². The van der Waals surface area contributed by atoms with Crippen LogP contribution in [0.4, 0.5) is 0 Å². The van der Waals surface area contributed by atoms with E-state index >= 15 is 0 Å². The highest BCUT2D eigenvalue weighted by atomic mass is 14.9. The van der Waals surface area contributed by atoms with Crippen molar-refractivity contribution in [3.8, 4) is 0 Å². The maximum Gasteiger partial charge on any atom is 0.105 e. The molecule has 0 spiro atoms. The van der Waals surface area contributed by atoms with E-state index in [4.69, 9.17) is 5.73 Å². The van der Waals surface area contributed by atoms with Crippen molar-refractivity contribution in [3.63, 3.8) is 0 Å². The summed E-state index contributed by atoms with van der Waals surface area (Å²) < 4.78 is 0. The monoisotopic (exact) mass is 230 g/mol. The van der Waals surface area contributed by atoms with Crippen LogP contribution in [0.5, 0.6) is 0 Å². The van der Waals surface area contributed by atoms with Crippen LogP contribution >= 0.6 is 0 Å². The van der Waals surface area contributed by atoms with Gasteiger partial charge in [0.2, 0.25) is 0 Å². The molecule has 17 heavy (non-hydrogen) atoms. The van der Waals surface area contributed by atoms with Gasteiger partial charge in [0.05, 0.1) is 11.5 Å². The Labute approximate surface area is 104 Å². The van der Waals surface area contributed by atoms with Gasteiger partial charge < -0.3 is 5.73 Å². The maximum atomic E-state index is 6.30. The fourth-order valence-electron chi connectivity index (χ4n) is 2.45. The lowest BCUT2D eigenvalue weighted by molar-refractivity contribution is 0.527. The summed E-state index contributed by atoms with van der Waals surface area (Å²) in [6, 6.07) is 11.1. The Morgan fingerprint density at radius 2 is 1.82 bits per heavy atom. The van der Waals surface area contributed by atoms with Gasteiger partial charge in [-0.2, -0.15) is 0 Å². The highest BCUT2D eigenvalue weighted by molar-refractivity contribution is 5.92. The summed E-state index contributed by atoms with van der Waals surface area (Å²) in [6.45, 7) is 4.40. The first-order valence-electron chi connectivity index (χ1n) is 6.62. The summed E-state index contributed by atoms with van der Waals surface area (Å²) in [5.41, 5.74) is 7.53. The molecule has 2 nitrogen and oxygen atoms in total. The molecule has 1 fully saturated rings. The normalized spacial score (nSPS) is 17.2. The van der Waals surface area contributed by atoms with Crippen LogP contribution in [0.15, 0.2) is 35.3 Å². The number of hydrogen-bond acceptors (Lipinski definition) is 1. The van der Waals surface area contributed by atoms with Gasteiger partial charge >= 0.3 is 0 Å². The molecule has 1 aromatic carbocycles. The molecule has 0 unspecified atom stereocenters. The molecule has 0 bridgehead atoms. The number of nitrogens with two attached hydrogens (primary N) is 1. The Balaban J connectivity index is 2.37. The molecule has 2 heteroatoms. The van der Waals surface area contributed by atoms with E-state index in [0.29, 0.717) is 6.04 Å². The second-order valence-electron chi connectivity index (χ2n) is 4.90. The molecule has 0 atom stereocenters. The van der Waals surface area contributed by atoms with Gasteiger partial charge in [-0.25, -0.2) is 0 Å². The highest BCUT2D eigenvalue weighted by Crippen LogP contribution is 2.34. The average molecular weight is 230 g/mol. The standard InChI is InChI=1S/C15H22N2/c1-3-15(4-2,12-8-6-5-7-9-12)14(16)17-13-10-11-13/h5-9,13H,3-4,10-11H2,1-2H3,(H2,16,17). The fourth-order valence-corrected chi connectivity index (χ4v) is 2.45. The molecule has 0 amide bonds. The number of aliphatic imine (C=N–C) groups is 1. The summed E-state index contributed by atoms with van der Waals surface area (Å²) in [4.78, 5) is 4.67. The summed E-state index contributed by atoms with van der Waals surface area (Å²) >= 11 is 0. The van der Waals surface area contributed by atoms with Gasteiger partial charge in [-0.3, -0.25) is 4.99 Å². The summed E-state index contributed by atoms with van der Waals surface area (Å²) in [6.07, 6.45) is 4.43. The van der Waals surface area contributed by atoms with E-state index < -0.39 is 0 Å². The average Bonchev–Trinajstić information content (AvgIpc) is 3.17. The first-order valence-corrected chi connectivity index (χ1v) is 6.62. The van der Waals surface area contributed by atoms with E-state index in [1.807, 2.05) is 6.07 Å². The third-order valence-electron chi connectivity index (χ3n) is 3.89. The van der Waals surface area contributed by atoms with Crippen molar-refractivity contribution < 1.29 is 0 Å². The summed E-state index contributed by atoms with van der Waals surface area (Å²) in [5.74, 6) is 0.830. The first kappa shape index (κ1) is 12.2. The summed E-state index contributed by atoms with van der Waals surface area (Å²) in [5, 5.41) is 0. The highest BCUT2D eigenvalue weighted by Gasteiger charge is 2.34. The Morgan fingerprint density at radius 1 is 1.24 bits per heavy atom. The zero-order valence-corrected chi connectivity index (χ0v) is 10.8. The first-order chi connectivity index (χ1) is 8.23. The van der Waals surface area contributed by atoms with Gasteiger partial charge in [-0.1, -0.05) is 44.2 Å². The largest absolute Gasteiger partial charge is 0.387 e. The van der Waals surface area contributed by atoms with E-state index in [1.54, 1.807) is 0 Å². The van der Waals surface area contributed by atoms with Crippen LogP contribution in [0.3, 0.4) is 0 Å². The van der Waals surface area contributed by atoms with Gasteiger partial charge in [0.15, 0.2) is 0 Å². The quantitative estimate of drug-likeness (QED) is 0.612. The third-order valence-corrected chi connectivity index (χ3v) is 3.89. The second kappa shape index (κ2) is 4.91. The van der Waals surface area contributed by atoms with E-state index in [-0.39, 0.29) is 5.41 Å². The molecule has 2 N–H and O–H groups in total. The lowest BCUT2D eigenvalue weighted by Gasteiger charge is -2.32. The van der Waals surface area contributed by atoms with Crippen LogP contribution in [0.25, 0.3) is 0 Å². The molecule has 0 radical (unpaired) electrons. The number of hydrogen-bond donors (Lipinski definition) is 1. The third kappa shape index (κ3) is 2.36. The van der Waals surface area contributed by atoms with Crippen molar-refractivity contribution in [1.29, 1.82) is 0 Å². The molecule has 2 rings (SSSR count). The lowest BCUT2D eigenvalue weighted by atomic mass is 9.75. The molecular weight excluding hydrogens is 208 g/mol. The molecule has 1 aliphatic rings. The van der Waals surface area contributed by atoms with Gasteiger partial charge in [-0.05, 0) is 31.2 Å². The Bertz CT molecular complexity index is 387. The SMILES string of the molecule is CCC(CC)(C(N)=NC1CC1)c1ccccc1. The predicted molar refractivity (Wildman–Crippen MR) is 73.3 cm³/mol. The van der Waals surface area contributed by atoms with Gasteiger partial charge in [0, 0.05) is 0 Å². The topological polar surface area (TPSA) is 38.4 Å². The van der Waals surface area contributed by atoms with Crippen molar-refractivity contribution >= 4 is 5.84 Å². The van der Waals surface area contributed by atoms with Gasteiger partial charge in [0.25, 0.3) is 0 Å². The molecule has 0 saturated heterocycles. The second-order valence-corrected chi connectivity index (χ2v) is 4.90. The number of nitrogens with zero attached hydrogens (tertiary/aromatic N) is 1. The summed E-state index contributed by atoms with van der Waals surface area (Å²) in [7, 11) is 0. The molecule has 92 valence electrons. The van der Waals surface area contributed by atoms with E-state index in [2.05, 4.69) is 43.1 Å². The molecule has 0 aromatic heterocycles. The van der Waals surface area contributed by atoms with Crippen molar-refractivity contribution in [2.45, 2.75) is 51.0 Å². The van der Waals surface area contributed by atoms with Crippen molar-refractivity contribution in [2.75, 3.05) is 0 Å². The van der Waals surface area contributed by atoms with Gasteiger partial charge in [-0.15, -0.1) is 0 Å².